The third-order valence-corrected chi connectivity index (χ3v) is 4.02. The zero-order valence-electron chi connectivity index (χ0n) is 12.3. The number of aromatic nitrogens is 4. The lowest BCUT2D eigenvalue weighted by Crippen LogP contribution is -2.43. The molecule has 0 aliphatic carbocycles. The largest absolute Gasteiger partial charge is 0.369 e. The minimum atomic E-state index is 0.723. The molecule has 3 heterocycles. The molecule has 1 aliphatic heterocycles. The van der Waals surface area contributed by atoms with E-state index < -0.39 is 0 Å². The Morgan fingerprint density at radius 3 is 2.95 bits per heavy atom. The third-order valence-electron chi connectivity index (χ3n) is 4.02. The summed E-state index contributed by atoms with van der Waals surface area (Å²) < 4.78 is 1.92. The number of benzene rings is 1. The van der Waals surface area contributed by atoms with Crippen LogP contribution in [0.25, 0.3) is 11.0 Å². The monoisotopic (exact) mass is 294 g/mol. The molecule has 0 atom stereocenters. The summed E-state index contributed by atoms with van der Waals surface area (Å²) in [6, 6.07) is 8.69. The molecule has 4 rings (SSSR count). The summed E-state index contributed by atoms with van der Waals surface area (Å²) in [6.07, 6.45) is 5.18. The van der Waals surface area contributed by atoms with Crippen LogP contribution in [0.4, 0.5) is 5.69 Å². The number of anilines is 1. The Bertz CT molecular complexity index is 775. The van der Waals surface area contributed by atoms with Crippen LogP contribution in [0.5, 0.6) is 0 Å². The lowest BCUT2D eigenvalue weighted by atomic mass is 10.1. The number of rotatable bonds is 3. The predicted molar refractivity (Wildman–Crippen MR) is 85.9 cm³/mol. The highest BCUT2D eigenvalue weighted by Gasteiger charge is 2.11. The lowest BCUT2D eigenvalue weighted by Gasteiger charge is -2.29. The molecule has 2 aromatic heterocycles. The van der Waals surface area contributed by atoms with Crippen molar-refractivity contribution in [3.8, 4) is 0 Å². The molecule has 1 aromatic carbocycles. The Balaban J connectivity index is 1.60. The van der Waals surface area contributed by atoms with E-state index in [4.69, 9.17) is 0 Å². The summed E-state index contributed by atoms with van der Waals surface area (Å²) in [4.78, 5) is 10.8. The SMILES string of the molecule is c1cc(Cn2ncc3cncnc32)cc(N2CCNCC2)c1. The van der Waals surface area contributed by atoms with Crippen molar-refractivity contribution >= 4 is 16.7 Å². The Hall–Kier alpha value is -2.47. The standard InChI is InChI=1S/C16H18N6/c1-2-13(8-15(3-1)21-6-4-17-5-7-21)11-22-16-14(10-20-22)9-18-12-19-16/h1-3,8-10,12,17H,4-7,11H2. The fraction of sp³-hybridized carbons (Fsp3) is 0.312. The van der Waals surface area contributed by atoms with Gasteiger partial charge in [-0.1, -0.05) is 12.1 Å². The molecule has 0 amide bonds. The second-order valence-electron chi connectivity index (χ2n) is 5.51. The van der Waals surface area contributed by atoms with Crippen LogP contribution in [0.1, 0.15) is 5.56 Å². The Kier molecular flexibility index (Phi) is 3.44. The molecule has 1 N–H and O–H groups in total. The molecule has 3 aromatic rings. The van der Waals surface area contributed by atoms with Crippen LogP contribution in [-0.2, 0) is 6.54 Å². The molecule has 6 nitrogen and oxygen atoms in total. The van der Waals surface area contributed by atoms with Gasteiger partial charge in [0, 0.05) is 38.1 Å². The number of hydrogen-bond donors (Lipinski definition) is 1. The van der Waals surface area contributed by atoms with Crippen LogP contribution in [0, 0.1) is 0 Å². The van der Waals surface area contributed by atoms with Gasteiger partial charge >= 0.3 is 0 Å². The molecule has 22 heavy (non-hydrogen) atoms. The summed E-state index contributed by atoms with van der Waals surface area (Å²) in [5.41, 5.74) is 3.40. The minimum Gasteiger partial charge on any atom is -0.369 e. The topological polar surface area (TPSA) is 58.9 Å². The van der Waals surface area contributed by atoms with E-state index >= 15 is 0 Å². The van der Waals surface area contributed by atoms with Crippen LogP contribution < -0.4 is 10.2 Å². The number of piperazine rings is 1. The molecule has 0 bridgehead atoms. The van der Waals surface area contributed by atoms with Crippen LogP contribution in [0.15, 0.2) is 43.0 Å². The highest BCUT2D eigenvalue weighted by molar-refractivity contribution is 5.72. The highest BCUT2D eigenvalue weighted by atomic mass is 15.3. The second kappa shape index (κ2) is 5.73. The van der Waals surface area contributed by atoms with Crippen molar-refractivity contribution in [1.29, 1.82) is 0 Å². The Morgan fingerprint density at radius 1 is 1.14 bits per heavy atom. The van der Waals surface area contributed by atoms with Crippen LogP contribution in [-0.4, -0.2) is 45.9 Å². The van der Waals surface area contributed by atoms with Gasteiger partial charge in [0.1, 0.15) is 6.33 Å². The van der Waals surface area contributed by atoms with Crippen molar-refractivity contribution in [2.45, 2.75) is 6.54 Å². The molecular weight excluding hydrogens is 276 g/mol. The first-order valence-corrected chi connectivity index (χ1v) is 7.56. The molecule has 1 fully saturated rings. The third kappa shape index (κ3) is 2.53. The molecule has 1 saturated heterocycles. The van der Waals surface area contributed by atoms with E-state index in [0.29, 0.717) is 0 Å². The zero-order chi connectivity index (χ0) is 14.8. The molecule has 112 valence electrons. The average Bonchev–Trinajstić information content (AvgIpc) is 2.99. The molecule has 0 spiro atoms. The lowest BCUT2D eigenvalue weighted by molar-refractivity contribution is 0.589. The maximum Gasteiger partial charge on any atom is 0.161 e. The molecule has 0 unspecified atom stereocenters. The van der Waals surface area contributed by atoms with Gasteiger partial charge in [0.25, 0.3) is 0 Å². The Labute approximate surface area is 128 Å². The first-order valence-electron chi connectivity index (χ1n) is 7.56. The van der Waals surface area contributed by atoms with Crippen molar-refractivity contribution < 1.29 is 0 Å². The Morgan fingerprint density at radius 2 is 2.05 bits per heavy atom. The minimum absolute atomic E-state index is 0.723. The number of hydrogen-bond acceptors (Lipinski definition) is 5. The summed E-state index contributed by atoms with van der Waals surface area (Å²) in [7, 11) is 0. The van der Waals surface area contributed by atoms with E-state index in [0.717, 1.165) is 43.8 Å². The van der Waals surface area contributed by atoms with E-state index in [-0.39, 0.29) is 0 Å². The summed E-state index contributed by atoms with van der Waals surface area (Å²) in [6.45, 7) is 4.93. The van der Waals surface area contributed by atoms with E-state index in [1.54, 1.807) is 12.5 Å². The molecule has 6 heteroatoms. The fourth-order valence-electron chi connectivity index (χ4n) is 2.89. The van der Waals surface area contributed by atoms with Gasteiger partial charge in [0.2, 0.25) is 0 Å². The van der Waals surface area contributed by atoms with Gasteiger partial charge in [-0.15, -0.1) is 0 Å². The fourth-order valence-corrected chi connectivity index (χ4v) is 2.89. The van der Waals surface area contributed by atoms with Crippen LogP contribution in [0.3, 0.4) is 0 Å². The quantitative estimate of drug-likeness (QED) is 0.788. The van der Waals surface area contributed by atoms with Crippen molar-refractivity contribution in [2.75, 3.05) is 31.1 Å². The van der Waals surface area contributed by atoms with Crippen molar-refractivity contribution in [1.82, 2.24) is 25.1 Å². The van der Waals surface area contributed by atoms with E-state index in [1.807, 2.05) is 10.9 Å². The molecule has 1 aliphatic rings. The van der Waals surface area contributed by atoms with E-state index in [1.165, 1.54) is 11.3 Å². The van der Waals surface area contributed by atoms with Gasteiger partial charge in [-0.05, 0) is 17.7 Å². The van der Waals surface area contributed by atoms with E-state index in [2.05, 4.69) is 49.5 Å². The average molecular weight is 294 g/mol. The maximum atomic E-state index is 4.42. The van der Waals surface area contributed by atoms with Gasteiger partial charge in [-0.2, -0.15) is 5.10 Å². The molecule has 0 saturated carbocycles. The van der Waals surface area contributed by atoms with Gasteiger partial charge in [-0.3, -0.25) is 0 Å². The maximum absolute atomic E-state index is 4.42. The summed E-state index contributed by atoms with van der Waals surface area (Å²) in [5.74, 6) is 0. The summed E-state index contributed by atoms with van der Waals surface area (Å²) in [5, 5.41) is 8.78. The van der Waals surface area contributed by atoms with Crippen LogP contribution >= 0.6 is 0 Å². The van der Waals surface area contributed by atoms with Crippen molar-refractivity contribution in [2.24, 2.45) is 0 Å². The van der Waals surface area contributed by atoms with Gasteiger partial charge < -0.3 is 10.2 Å². The second-order valence-corrected chi connectivity index (χ2v) is 5.51. The number of fused-ring (bicyclic) bond motifs is 1. The van der Waals surface area contributed by atoms with E-state index in [9.17, 15) is 0 Å². The highest BCUT2D eigenvalue weighted by Crippen LogP contribution is 2.18. The van der Waals surface area contributed by atoms with Gasteiger partial charge in [0.05, 0.1) is 18.1 Å². The number of nitrogens with zero attached hydrogens (tertiary/aromatic N) is 5. The first kappa shape index (κ1) is 13.2. The normalized spacial score (nSPS) is 15.4. The van der Waals surface area contributed by atoms with Gasteiger partial charge in [-0.25, -0.2) is 14.6 Å². The van der Waals surface area contributed by atoms with Crippen molar-refractivity contribution in [3.05, 3.63) is 48.5 Å². The van der Waals surface area contributed by atoms with Gasteiger partial charge in [0.15, 0.2) is 5.65 Å². The molecular formula is C16H18N6. The van der Waals surface area contributed by atoms with Crippen LogP contribution in [0.2, 0.25) is 0 Å². The first-order chi connectivity index (χ1) is 10.9. The molecule has 0 radical (unpaired) electrons. The predicted octanol–water partition coefficient (Wildman–Crippen LogP) is 1.28. The zero-order valence-corrected chi connectivity index (χ0v) is 12.3. The number of nitrogens with one attached hydrogen (secondary N) is 1. The smallest absolute Gasteiger partial charge is 0.161 e. The van der Waals surface area contributed by atoms with Crippen molar-refractivity contribution in [3.63, 3.8) is 0 Å². The summed E-state index contributed by atoms with van der Waals surface area (Å²) >= 11 is 0.